The summed E-state index contributed by atoms with van der Waals surface area (Å²) in [6, 6.07) is 4.65. The molecule has 0 saturated heterocycles. The molecule has 0 radical (unpaired) electrons. The topological polar surface area (TPSA) is 80.7 Å². The summed E-state index contributed by atoms with van der Waals surface area (Å²) in [7, 11) is 2.85. The zero-order chi connectivity index (χ0) is 15.9. The molecule has 2 aromatic rings. The van der Waals surface area contributed by atoms with Gasteiger partial charge < -0.3 is 10.2 Å². The molecule has 0 fully saturated rings. The monoisotopic (exact) mass is 369 g/mol. The smallest absolute Gasteiger partial charge is 0.164 e. The number of hydrogen-bond acceptors (Lipinski definition) is 7. The summed E-state index contributed by atoms with van der Waals surface area (Å²) in [5.41, 5.74) is 3.31. The van der Waals surface area contributed by atoms with Crippen molar-refractivity contribution in [3.8, 4) is 0 Å². The van der Waals surface area contributed by atoms with Gasteiger partial charge in [0.15, 0.2) is 5.82 Å². The molecule has 0 aliphatic rings. The van der Waals surface area contributed by atoms with E-state index in [1.165, 1.54) is 32.8 Å². The summed E-state index contributed by atoms with van der Waals surface area (Å²) in [6.07, 6.45) is 2.70. The van der Waals surface area contributed by atoms with Crippen molar-refractivity contribution in [2.45, 2.75) is 0 Å². The maximum atomic E-state index is 13.9. The summed E-state index contributed by atoms with van der Waals surface area (Å²) in [4.78, 5) is 17.6. The fourth-order valence-electron chi connectivity index (χ4n) is 1.62. The van der Waals surface area contributed by atoms with E-state index in [1.807, 2.05) is 0 Å². The number of nitrogens with zero attached hydrogens (tertiary/aromatic N) is 3. The molecule has 0 bridgehead atoms. The number of hydrogen-bond donors (Lipinski definition) is 2. The van der Waals surface area contributed by atoms with Crippen LogP contribution >= 0.6 is 15.9 Å². The zero-order valence-corrected chi connectivity index (χ0v) is 13.4. The number of benzene rings is 1. The van der Waals surface area contributed by atoms with Gasteiger partial charge in [-0.3, -0.25) is 4.84 Å². The number of halogens is 2. The third-order valence-corrected chi connectivity index (χ3v) is 3.05. The van der Waals surface area contributed by atoms with Crippen LogP contribution in [0.1, 0.15) is 5.56 Å². The van der Waals surface area contributed by atoms with Gasteiger partial charge in [0.25, 0.3) is 0 Å². The Morgan fingerprint density at radius 3 is 2.73 bits per heavy atom. The van der Waals surface area contributed by atoms with E-state index >= 15 is 0 Å². The minimum absolute atomic E-state index is 0.261. The van der Waals surface area contributed by atoms with Crippen LogP contribution in [0, 0.1) is 5.82 Å². The van der Waals surface area contributed by atoms with Gasteiger partial charge in [0.1, 0.15) is 25.1 Å². The second-order valence-corrected chi connectivity index (χ2v) is 4.87. The molecule has 116 valence electrons. The quantitative estimate of drug-likeness (QED) is 0.601. The predicted octanol–water partition coefficient (Wildman–Crippen LogP) is 3.08. The van der Waals surface area contributed by atoms with Crippen LogP contribution in [0.2, 0.25) is 0 Å². The molecule has 22 heavy (non-hydrogen) atoms. The molecule has 0 aliphatic carbocycles. The van der Waals surface area contributed by atoms with Crippen molar-refractivity contribution < 1.29 is 14.1 Å². The lowest BCUT2D eigenvalue weighted by atomic mass is 10.2. The molecule has 0 saturated carbocycles. The van der Waals surface area contributed by atoms with Crippen LogP contribution in [0.5, 0.6) is 0 Å². The van der Waals surface area contributed by atoms with Gasteiger partial charge >= 0.3 is 0 Å². The zero-order valence-electron chi connectivity index (χ0n) is 11.8. The molecule has 9 heteroatoms. The molecule has 0 aliphatic heterocycles. The van der Waals surface area contributed by atoms with E-state index < -0.39 is 5.82 Å². The molecule has 1 aromatic heterocycles. The Labute approximate surface area is 134 Å². The van der Waals surface area contributed by atoms with Crippen molar-refractivity contribution in [1.29, 1.82) is 0 Å². The van der Waals surface area contributed by atoms with Gasteiger partial charge in [-0.15, -0.1) is 0 Å². The molecule has 0 amide bonds. The van der Waals surface area contributed by atoms with E-state index in [0.29, 0.717) is 21.7 Å². The molecular formula is C13H13BrFN5O2. The van der Waals surface area contributed by atoms with Gasteiger partial charge in [-0.25, -0.2) is 19.8 Å². The summed E-state index contributed by atoms with van der Waals surface area (Å²) in [5, 5.41) is 6.57. The second kappa shape index (κ2) is 7.66. The van der Waals surface area contributed by atoms with Crippen LogP contribution in [0.4, 0.5) is 21.7 Å². The van der Waals surface area contributed by atoms with E-state index in [2.05, 4.69) is 46.7 Å². The molecular weight excluding hydrogens is 357 g/mol. The summed E-state index contributed by atoms with van der Waals surface area (Å²) >= 11 is 3.20. The molecule has 7 nitrogen and oxygen atoms in total. The van der Waals surface area contributed by atoms with Gasteiger partial charge in [0.05, 0.1) is 24.6 Å². The standard InChI is InChI=1S/C13H13BrFN5O2/c1-21-18-6-9-12(16-7-17-13(9)20-22-2)19-11-4-3-8(14)5-10(11)15/h3-7H,1-2H3,(H2,16,17,19,20). The fourth-order valence-corrected chi connectivity index (χ4v) is 1.95. The normalized spacial score (nSPS) is 10.7. The van der Waals surface area contributed by atoms with E-state index in [-0.39, 0.29) is 5.69 Å². The Balaban J connectivity index is 2.40. The van der Waals surface area contributed by atoms with E-state index in [4.69, 9.17) is 4.84 Å². The molecule has 1 aromatic carbocycles. The average Bonchev–Trinajstić information content (AvgIpc) is 2.50. The van der Waals surface area contributed by atoms with Gasteiger partial charge in [0.2, 0.25) is 0 Å². The lowest BCUT2D eigenvalue weighted by molar-refractivity contribution is 0.215. The Morgan fingerprint density at radius 2 is 2.05 bits per heavy atom. The van der Waals surface area contributed by atoms with Crippen LogP contribution in [-0.4, -0.2) is 30.4 Å². The van der Waals surface area contributed by atoms with Crippen molar-refractivity contribution in [2.75, 3.05) is 25.0 Å². The van der Waals surface area contributed by atoms with Crippen LogP contribution in [0.25, 0.3) is 0 Å². The first-order chi connectivity index (χ1) is 10.7. The van der Waals surface area contributed by atoms with E-state index in [9.17, 15) is 4.39 Å². The first kappa shape index (κ1) is 16.1. The summed E-state index contributed by atoms with van der Waals surface area (Å²) < 4.78 is 14.6. The van der Waals surface area contributed by atoms with Gasteiger partial charge in [-0.05, 0) is 18.2 Å². The van der Waals surface area contributed by atoms with Gasteiger partial charge in [0, 0.05) is 4.47 Å². The maximum Gasteiger partial charge on any atom is 0.164 e. The number of nitrogens with one attached hydrogen (secondary N) is 2. The van der Waals surface area contributed by atoms with Crippen LogP contribution in [0.15, 0.2) is 34.2 Å². The fraction of sp³-hybridized carbons (Fsp3) is 0.154. The lowest BCUT2D eigenvalue weighted by Crippen LogP contribution is -2.08. The first-order valence-corrected chi connectivity index (χ1v) is 6.87. The Hall–Kier alpha value is -2.26. The second-order valence-electron chi connectivity index (χ2n) is 3.96. The predicted molar refractivity (Wildman–Crippen MR) is 84.6 cm³/mol. The van der Waals surface area contributed by atoms with Crippen LogP contribution in [-0.2, 0) is 9.68 Å². The highest BCUT2D eigenvalue weighted by Crippen LogP contribution is 2.25. The lowest BCUT2D eigenvalue weighted by Gasteiger charge is -2.12. The first-order valence-electron chi connectivity index (χ1n) is 6.08. The number of rotatable bonds is 6. The highest BCUT2D eigenvalue weighted by atomic mass is 79.9. The Bertz CT molecular complexity index is 683. The van der Waals surface area contributed by atoms with E-state index in [0.717, 1.165) is 0 Å². The third-order valence-electron chi connectivity index (χ3n) is 2.55. The van der Waals surface area contributed by atoms with Gasteiger partial charge in [-0.1, -0.05) is 21.1 Å². The van der Waals surface area contributed by atoms with Crippen LogP contribution in [0.3, 0.4) is 0 Å². The Kier molecular flexibility index (Phi) is 5.61. The molecule has 2 rings (SSSR count). The molecule has 0 atom stereocenters. The SMILES string of the molecule is CON=Cc1c(NOC)ncnc1Nc1ccc(Br)cc1F. The van der Waals surface area contributed by atoms with Crippen molar-refractivity contribution in [1.82, 2.24) is 9.97 Å². The van der Waals surface area contributed by atoms with Crippen molar-refractivity contribution in [3.05, 3.63) is 40.4 Å². The van der Waals surface area contributed by atoms with Crippen molar-refractivity contribution >= 4 is 39.5 Å². The van der Waals surface area contributed by atoms with Gasteiger partial charge in [-0.2, -0.15) is 0 Å². The maximum absolute atomic E-state index is 13.9. The van der Waals surface area contributed by atoms with E-state index in [1.54, 1.807) is 12.1 Å². The highest BCUT2D eigenvalue weighted by molar-refractivity contribution is 9.10. The molecule has 0 spiro atoms. The summed E-state index contributed by atoms with van der Waals surface area (Å²) in [6.45, 7) is 0. The van der Waals surface area contributed by atoms with Crippen LogP contribution < -0.4 is 10.8 Å². The third kappa shape index (κ3) is 3.89. The molecule has 1 heterocycles. The number of anilines is 3. The highest BCUT2D eigenvalue weighted by Gasteiger charge is 2.12. The Morgan fingerprint density at radius 1 is 1.27 bits per heavy atom. The molecule has 2 N–H and O–H groups in total. The minimum Gasteiger partial charge on any atom is -0.399 e. The number of oxime groups is 1. The minimum atomic E-state index is -0.427. The number of aromatic nitrogens is 2. The van der Waals surface area contributed by atoms with Crippen molar-refractivity contribution in [2.24, 2.45) is 5.16 Å². The average molecular weight is 370 g/mol. The van der Waals surface area contributed by atoms with Crippen molar-refractivity contribution in [3.63, 3.8) is 0 Å². The molecule has 0 unspecified atom stereocenters. The summed E-state index contributed by atoms with van der Waals surface area (Å²) in [5.74, 6) is 0.277. The largest absolute Gasteiger partial charge is 0.399 e.